The Kier molecular flexibility index (Phi) is 6.76. The van der Waals surface area contributed by atoms with Crippen molar-refractivity contribution in [3.05, 3.63) is 22.7 Å². The maximum Gasteiger partial charge on any atom is 0.481 e. The molecule has 1 unspecified atom stereocenters. The second-order valence-corrected chi connectivity index (χ2v) is 8.34. The van der Waals surface area contributed by atoms with Crippen LogP contribution in [0, 0.1) is 0 Å². The standard InChI is InChI=1S/C11H17N3O12P2/c1-5(15)24-9-8(16)6(4-23-28(21,22)26-27(18,19)20)25-10(9)14-3-2-7(12)13-11(14)17/h2-3,6,8-10,16H,4H2,1H3,(H,21,22)(H2,12,13,17)(H2,18,19,20)/t6-,8-,9-,10-/m1/s1. The van der Waals surface area contributed by atoms with Crippen LogP contribution >= 0.6 is 15.6 Å². The fourth-order valence-electron chi connectivity index (χ4n) is 2.34. The molecule has 1 fully saturated rings. The van der Waals surface area contributed by atoms with E-state index in [-0.39, 0.29) is 5.82 Å². The molecule has 0 saturated carbocycles. The van der Waals surface area contributed by atoms with Gasteiger partial charge in [-0.2, -0.15) is 9.29 Å². The monoisotopic (exact) mass is 445 g/mol. The van der Waals surface area contributed by atoms with Crippen molar-refractivity contribution in [2.75, 3.05) is 12.3 Å². The Bertz CT molecular complexity index is 884. The number of carbonyl (C=O) groups excluding carboxylic acids is 1. The van der Waals surface area contributed by atoms with Gasteiger partial charge in [-0.25, -0.2) is 13.9 Å². The normalized spacial score (nSPS) is 27.3. The number of carbonyl (C=O) groups is 1. The van der Waals surface area contributed by atoms with Gasteiger partial charge < -0.3 is 35.0 Å². The number of ether oxygens (including phenoxy) is 2. The zero-order valence-corrected chi connectivity index (χ0v) is 15.9. The largest absolute Gasteiger partial charge is 0.481 e. The van der Waals surface area contributed by atoms with E-state index in [4.69, 9.17) is 25.0 Å². The van der Waals surface area contributed by atoms with Crippen molar-refractivity contribution in [2.45, 2.75) is 31.5 Å². The second-order valence-electron chi connectivity index (χ2n) is 5.51. The number of hydrogen-bond acceptors (Lipinski definition) is 11. The Morgan fingerprint density at radius 3 is 2.57 bits per heavy atom. The van der Waals surface area contributed by atoms with Crippen LogP contribution in [0.2, 0.25) is 0 Å². The van der Waals surface area contributed by atoms with Gasteiger partial charge in [-0.15, -0.1) is 0 Å². The number of rotatable bonds is 7. The molecule has 28 heavy (non-hydrogen) atoms. The summed E-state index contributed by atoms with van der Waals surface area (Å²) in [5.74, 6) is -0.923. The van der Waals surface area contributed by atoms with Gasteiger partial charge in [0.15, 0.2) is 12.3 Å². The van der Waals surface area contributed by atoms with Crippen LogP contribution in [0.15, 0.2) is 17.1 Å². The highest BCUT2D eigenvalue weighted by Gasteiger charge is 2.48. The number of phosphoric acid groups is 2. The molecule has 15 nitrogen and oxygen atoms in total. The number of esters is 1. The predicted octanol–water partition coefficient (Wildman–Crippen LogP) is -1.76. The first-order chi connectivity index (χ1) is 12.8. The molecule has 1 aromatic heterocycles. The van der Waals surface area contributed by atoms with E-state index in [1.807, 2.05) is 0 Å². The van der Waals surface area contributed by atoms with Gasteiger partial charge in [0.2, 0.25) is 0 Å². The highest BCUT2D eigenvalue weighted by atomic mass is 31.3. The number of aromatic nitrogens is 2. The maximum atomic E-state index is 12.0. The molecule has 1 aromatic rings. The predicted molar refractivity (Wildman–Crippen MR) is 87.3 cm³/mol. The summed E-state index contributed by atoms with van der Waals surface area (Å²) in [5.41, 5.74) is 4.49. The smallest absolute Gasteiger partial charge is 0.455 e. The van der Waals surface area contributed by atoms with Crippen LogP contribution in [0.5, 0.6) is 0 Å². The lowest BCUT2D eigenvalue weighted by molar-refractivity contribution is -0.156. The molecule has 1 aliphatic heterocycles. The minimum atomic E-state index is -5.34. The van der Waals surface area contributed by atoms with Crippen molar-refractivity contribution in [3.63, 3.8) is 0 Å². The molecule has 0 aromatic carbocycles. The van der Waals surface area contributed by atoms with Gasteiger partial charge in [-0.05, 0) is 6.07 Å². The minimum Gasteiger partial charge on any atom is -0.455 e. The van der Waals surface area contributed by atoms with Crippen LogP contribution in [0.1, 0.15) is 13.2 Å². The second kappa shape index (κ2) is 8.37. The van der Waals surface area contributed by atoms with Crippen molar-refractivity contribution in [1.82, 2.24) is 9.55 Å². The molecule has 158 valence electrons. The first kappa shape index (κ1) is 22.6. The van der Waals surface area contributed by atoms with Gasteiger partial charge in [-0.1, -0.05) is 0 Å². The third-order valence-electron chi connectivity index (χ3n) is 3.35. The summed E-state index contributed by atoms with van der Waals surface area (Å²) < 4.78 is 41.3. The van der Waals surface area contributed by atoms with E-state index in [1.54, 1.807) is 0 Å². The first-order valence-electron chi connectivity index (χ1n) is 7.39. The van der Waals surface area contributed by atoms with Gasteiger partial charge in [0.1, 0.15) is 18.0 Å². The van der Waals surface area contributed by atoms with Crippen LogP contribution in [-0.2, 0) is 32.2 Å². The maximum absolute atomic E-state index is 12.0. The molecule has 1 saturated heterocycles. The summed E-state index contributed by atoms with van der Waals surface area (Å²) in [5, 5.41) is 10.3. The molecule has 1 aliphatic rings. The number of nitrogens with zero attached hydrogens (tertiary/aromatic N) is 2. The van der Waals surface area contributed by atoms with E-state index in [0.717, 1.165) is 17.7 Å². The Morgan fingerprint density at radius 2 is 2.04 bits per heavy atom. The van der Waals surface area contributed by atoms with Crippen molar-refractivity contribution < 1.29 is 52.0 Å². The molecule has 2 rings (SSSR count). The number of anilines is 1. The summed E-state index contributed by atoms with van der Waals surface area (Å²) in [6.45, 7) is 0.133. The van der Waals surface area contributed by atoms with E-state index < -0.39 is 58.5 Å². The van der Waals surface area contributed by atoms with Crippen LogP contribution in [0.25, 0.3) is 0 Å². The highest BCUT2D eigenvalue weighted by molar-refractivity contribution is 7.60. The Morgan fingerprint density at radius 1 is 1.39 bits per heavy atom. The molecule has 0 amide bonds. The van der Waals surface area contributed by atoms with Crippen molar-refractivity contribution >= 4 is 27.4 Å². The number of aliphatic hydroxyl groups excluding tert-OH is 1. The van der Waals surface area contributed by atoms with Gasteiger partial charge in [0.25, 0.3) is 0 Å². The van der Waals surface area contributed by atoms with Crippen molar-refractivity contribution in [3.8, 4) is 0 Å². The summed E-state index contributed by atoms with van der Waals surface area (Å²) >= 11 is 0. The SMILES string of the molecule is CC(=O)O[C@@H]1[C@H](O)[C@@H](COP(=O)(O)OP(=O)(O)O)O[C@H]1n1ccc(N)nc1=O. The molecule has 2 heterocycles. The van der Waals surface area contributed by atoms with E-state index in [0.29, 0.717) is 0 Å². The number of nitrogens with two attached hydrogens (primary N) is 1. The lowest BCUT2D eigenvalue weighted by Gasteiger charge is -2.21. The van der Waals surface area contributed by atoms with E-state index in [9.17, 15) is 28.7 Å². The zero-order chi connectivity index (χ0) is 21.3. The molecule has 6 N–H and O–H groups in total. The number of nitrogen functional groups attached to an aromatic ring is 1. The molecular formula is C11H17N3O12P2. The van der Waals surface area contributed by atoms with Gasteiger partial charge in [-0.3, -0.25) is 13.9 Å². The van der Waals surface area contributed by atoms with Crippen LogP contribution in [-0.4, -0.2) is 60.2 Å². The van der Waals surface area contributed by atoms with Crippen LogP contribution in [0.4, 0.5) is 5.82 Å². The van der Waals surface area contributed by atoms with E-state index in [1.165, 1.54) is 6.07 Å². The minimum absolute atomic E-state index is 0.0977. The molecule has 0 aliphatic carbocycles. The van der Waals surface area contributed by atoms with Gasteiger partial charge in [0, 0.05) is 13.1 Å². The molecule has 0 spiro atoms. The quantitative estimate of drug-likeness (QED) is 0.231. The Hall–Kier alpha value is -1.67. The van der Waals surface area contributed by atoms with Crippen molar-refractivity contribution in [1.29, 1.82) is 0 Å². The van der Waals surface area contributed by atoms with Crippen LogP contribution < -0.4 is 11.4 Å². The van der Waals surface area contributed by atoms with Gasteiger partial charge >= 0.3 is 27.3 Å². The Balaban J connectivity index is 2.21. The molecule has 5 atom stereocenters. The molecule has 17 heteroatoms. The fourth-order valence-corrected chi connectivity index (χ4v) is 3.94. The average Bonchev–Trinajstić information content (AvgIpc) is 2.79. The third-order valence-corrected chi connectivity index (χ3v) is 5.50. The summed E-state index contributed by atoms with van der Waals surface area (Å²) in [7, 11) is -10.5. The van der Waals surface area contributed by atoms with Gasteiger partial charge in [0.05, 0.1) is 6.61 Å². The first-order valence-corrected chi connectivity index (χ1v) is 10.4. The fraction of sp³-hybridized carbons (Fsp3) is 0.545. The summed E-state index contributed by atoms with van der Waals surface area (Å²) in [6, 6.07) is 1.24. The van der Waals surface area contributed by atoms with E-state index >= 15 is 0 Å². The number of phosphoric ester groups is 1. The molecule has 0 radical (unpaired) electrons. The highest BCUT2D eigenvalue weighted by Crippen LogP contribution is 2.57. The molecular weight excluding hydrogens is 428 g/mol. The lowest BCUT2D eigenvalue weighted by Crippen LogP contribution is -2.39. The van der Waals surface area contributed by atoms with E-state index in [2.05, 4.69) is 13.8 Å². The molecule has 0 bridgehead atoms. The summed E-state index contributed by atoms with van der Waals surface area (Å²) in [6.07, 6.45) is -4.76. The third kappa shape index (κ3) is 5.91. The van der Waals surface area contributed by atoms with Crippen LogP contribution in [0.3, 0.4) is 0 Å². The lowest BCUT2D eigenvalue weighted by atomic mass is 10.1. The number of aliphatic hydroxyl groups is 1. The van der Waals surface area contributed by atoms with Crippen molar-refractivity contribution in [2.24, 2.45) is 0 Å². The topological polar surface area (TPSA) is 230 Å². The average molecular weight is 445 g/mol. The Labute approximate surface area is 156 Å². The zero-order valence-electron chi connectivity index (χ0n) is 14.1. The number of hydrogen-bond donors (Lipinski definition) is 5. The summed E-state index contributed by atoms with van der Waals surface area (Å²) in [4.78, 5) is 53.2.